The second-order valence-electron chi connectivity index (χ2n) is 10.5. The molecule has 3 aromatic carbocycles. The lowest BCUT2D eigenvalue weighted by Gasteiger charge is -2.23. The van der Waals surface area contributed by atoms with Gasteiger partial charge in [-0.2, -0.15) is 0 Å². The molecule has 0 saturated carbocycles. The molecule has 2 unspecified atom stereocenters. The highest BCUT2D eigenvalue weighted by Gasteiger charge is 2.28. The maximum absolute atomic E-state index is 12.6. The maximum atomic E-state index is 12.6. The van der Waals surface area contributed by atoms with Gasteiger partial charge < -0.3 is 15.1 Å². The number of unbranched alkanes of at least 4 members (excludes halogenated alkanes) is 1. The average molecular weight is 526 g/mol. The number of rotatable bonds is 12. The number of carbonyl (C=O) groups is 2. The van der Waals surface area contributed by atoms with Gasteiger partial charge in [-0.25, -0.2) is 4.79 Å². The molecule has 1 amide bonds. The van der Waals surface area contributed by atoms with Crippen molar-refractivity contribution in [3.05, 3.63) is 107 Å². The molecule has 204 valence electrons. The SMILES string of the molecule is CCCCc1cc(C)ccc1-c1cccc(C(O)/C=C/C2CCC(=O)N2CCCc2ccc(C(=O)O)cc2)c1. The third kappa shape index (κ3) is 7.45. The van der Waals surface area contributed by atoms with Crippen LogP contribution in [0.5, 0.6) is 0 Å². The molecule has 2 N–H and O–H groups in total. The number of carboxylic acid groups (broad SMARTS) is 1. The molecule has 39 heavy (non-hydrogen) atoms. The molecule has 4 rings (SSSR count). The van der Waals surface area contributed by atoms with Crippen LogP contribution in [0.25, 0.3) is 11.1 Å². The summed E-state index contributed by atoms with van der Waals surface area (Å²) in [5, 5.41) is 20.1. The minimum Gasteiger partial charge on any atom is -0.478 e. The molecule has 0 radical (unpaired) electrons. The van der Waals surface area contributed by atoms with E-state index in [-0.39, 0.29) is 17.5 Å². The van der Waals surface area contributed by atoms with Gasteiger partial charge in [0, 0.05) is 13.0 Å². The number of hydrogen-bond acceptors (Lipinski definition) is 3. The fourth-order valence-corrected chi connectivity index (χ4v) is 5.33. The van der Waals surface area contributed by atoms with E-state index in [4.69, 9.17) is 5.11 Å². The molecule has 1 saturated heterocycles. The van der Waals surface area contributed by atoms with Crippen LogP contribution in [0.15, 0.2) is 78.9 Å². The zero-order valence-electron chi connectivity index (χ0n) is 23.0. The summed E-state index contributed by atoms with van der Waals surface area (Å²) in [6.45, 7) is 4.97. The van der Waals surface area contributed by atoms with Crippen molar-refractivity contribution in [2.45, 2.75) is 70.9 Å². The Morgan fingerprint density at radius 1 is 1.05 bits per heavy atom. The van der Waals surface area contributed by atoms with Gasteiger partial charge in [-0.15, -0.1) is 0 Å². The Bertz CT molecular complexity index is 1310. The quantitative estimate of drug-likeness (QED) is 0.252. The van der Waals surface area contributed by atoms with Gasteiger partial charge in [0.1, 0.15) is 0 Å². The van der Waals surface area contributed by atoms with Crippen LogP contribution in [-0.2, 0) is 17.6 Å². The second-order valence-corrected chi connectivity index (χ2v) is 10.5. The molecule has 2 atom stereocenters. The van der Waals surface area contributed by atoms with Crippen molar-refractivity contribution in [2.24, 2.45) is 0 Å². The molecule has 0 aliphatic carbocycles. The van der Waals surface area contributed by atoms with E-state index in [0.717, 1.165) is 55.2 Å². The molecule has 0 spiro atoms. The third-order valence-corrected chi connectivity index (χ3v) is 7.56. The molecule has 0 bridgehead atoms. The van der Waals surface area contributed by atoms with Crippen LogP contribution in [0, 0.1) is 6.92 Å². The van der Waals surface area contributed by atoms with Crippen molar-refractivity contribution in [1.82, 2.24) is 4.90 Å². The van der Waals surface area contributed by atoms with E-state index in [2.05, 4.69) is 44.2 Å². The first-order chi connectivity index (χ1) is 18.9. The van der Waals surface area contributed by atoms with Crippen LogP contribution >= 0.6 is 0 Å². The summed E-state index contributed by atoms with van der Waals surface area (Å²) < 4.78 is 0. The summed E-state index contributed by atoms with van der Waals surface area (Å²) in [7, 11) is 0. The standard InChI is InChI=1S/C34H39NO4/c1-3-4-8-27-22-24(2)11-18-31(27)28-9-5-10-29(23-28)32(36)19-16-30-17-20-33(37)35(30)21-6-7-25-12-14-26(15-13-25)34(38)39/h5,9-16,18-19,22-23,30,32,36H,3-4,6-8,17,20-21H2,1-2H3,(H,38,39)/b19-16+. The lowest BCUT2D eigenvalue weighted by molar-refractivity contribution is -0.128. The highest BCUT2D eigenvalue weighted by molar-refractivity contribution is 5.87. The number of likely N-dealkylation sites (tertiary alicyclic amines) is 1. The predicted molar refractivity (Wildman–Crippen MR) is 156 cm³/mol. The van der Waals surface area contributed by atoms with Gasteiger partial charge >= 0.3 is 5.97 Å². The van der Waals surface area contributed by atoms with Crippen molar-refractivity contribution in [2.75, 3.05) is 6.54 Å². The molecule has 1 heterocycles. The average Bonchev–Trinajstić information content (AvgIpc) is 3.29. The summed E-state index contributed by atoms with van der Waals surface area (Å²) in [6, 6.07) is 21.6. The van der Waals surface area contributed by atoms with E-state index in [1.54, 1.807) is 12.1 Å². The third-order valence-electron chi connectivity index (χ3n) is 7.56. The first kappa shape index (κ1) is 28.3. The Balaban J connectivity index is 1.39. The summed E-state index contributed by atoms with van der Waals surface area (Å²) >= 11 is 0. The number of aromatic carboxylic acids is 1. The summed E-state index contributed by atoms with van der Waals surface area (Å²) in [5.41, 5.74) is 7.11. The van der Waals surface area contributed by atoms with E-state index in [0.29, 0.717) is 13.0 Å². The summed E-state index contributed by atoms with van der Waals surface area (Å²) in [6.07, 6.45) is 9.21. The van der Waals surface area contributed by atoms with Crippen molar-refractivity contribution in [1.29, 1.82) is 0 Å². The van der Waals surface area contributed by atoms with Crippen LogP contribution in [0.2, 0.25) is 0 Å². The highest BCUT2D eigenvalue weighted by atomic mass is 16.4. The predicted octanol–water partition coefficient (Wildman–Crippen LogP) is 6.92. The Morgan fingerprint density at radius 3 is 2.59 bits per heavy atom. The van der Waals surface area contributed by atoms with Crippen molar-refractivity contribution in [3.63, 3.8) is 0 Å². The monoisotopic (exact) mass is 525 g/mol. The van der Waals surface area contributed by atoms with E-state index in [1.165, 1.54) is 16.7 Å². The molecule has 1 fully saturated rings. The Hall–Kier alpha value is -3.70. The lowest BCUT2D eigenvalue weighted by Crippen LogP contribution is -2.33. The first-order valence-electron chi connectivity index (χ1n) is 14.0. The number of amides is 1. The fourth-order valence-electron chi connectivity index (χ4n) is 5.33. The summed E-state index contributed by atoms with van der Waals surface area (Å²) in [5.74, 6) is -0.791. The Kier molecular flexibility index (Phi) is 9.72. The number of carboxylic acids is 1. The molecule has 5 heteroatoms. The number of nitrogens with zero attached hydrogens (tertiary/aromatic N) is 1. The minimum atomic E-state index is -0.931. The van der Waals surface area contributed by atoms with Crippen LogP contribution in [0.1, 0.15) is 77.7 Å². The Labute approximate surface area is 231 Å². The van der Waals surface area contributed by atoms with Crippen LogP contribution in [0.3, 0.4) is 0 Å². The lowest BCUT2D eigenvalue weighted by atomic mass is 9.93. The number of aryl methyl sites for hydroxylation is 3. The number of carbonyl (C=O) groups excluding carboxylic acids is 1. The van der Waals surface area contributed by atoms with Gasteiger partial charge in [0.15, 0.2) is 0 Å². The number of hydrogen-bond donors (Lipinski definition) is 2. The van der Waals surface area contributed by atoms with Crippen LogP contribution in [-0.4, -0.2) is 39.6 Å². The minimum absolute atomic E-state index is 0.0255. The molecule has 5 nitrogen and oxygen atoms in total. The molecule has 1 aliphatic heterocycles. The first-order valence-corrected chi connectivity index (χ1v) is 14.0. The smallest absolute Gasteiger partial charge is 0.335 e. The van der Waals surface area contributed by atoms with E-state index in [1.807, 2.05) is 41.3 Å². The van der Waals surface area contributed by atoms with Gasteiger partial charge in [0.25, 0.3) is 0 Å². The molecular formula is C34H39NO4. The molecule has 3 aromatic rings. The van der Waals surface area contributed by atoms with E-state index < -0.39 is 12.1 Å². The van der Waals surface area contributed by atoms with Gasteiger partial charge in [-0.3, -0.25) is 4.79 Å². The van der Waals surface area contributed by atoms with Gasteiger partial charge in [-0.1, -0.05) is 79.6 Å². The van der Waals surface area contributed by atoms with Crippen LogP contribution in [0.4, 0.5) is 0 Å². The summed E-state index contributed by atoms with van der Waals surface area (Å²) in [4.78, 5) is 25.5. The van der Waals surface area contributed by atoms with E-state index in [9.17, 15) is 14.7 Å². The zero-order chi connectivity index (χ0) is 27.8. The molecular weight excluding hydrogens is 486 g/mol. The number of benzene rings is 3. The maximum Gasteiger partial charge on any atom is 0.335 e. The number of aliphatic hydroxyl groups is 1. The van der Waals surface area contributed by atoms with Crippen molar-refractivity contribution >= 4 is 11.9 Å². The van der Waals surface area contributed by atoms with Gasteiger partial charge in [-0.05, 0) is 85.0 Å². The van der Waals surface area contributed by atoms with Crippen LogP contribution < -0.4 is 0 Å². The van der Waals surface area contributed by atoms with Gasteiger partial charge in [0.2, 0.25) is 5.91 Å². The topological polar surface area (TPSA) is 77.8 Å². The second kappa shape index (κ2) is 13.4. The van der Waals surface area contributed by atoms with Gasteiger partial charge in [0.05, 0.1) is 17.7 Å². The van der Waals surface area contributed by atoms with Crippen molar-refractivity contribution < 1.29 is 19.8 Å². The van der Waals surface area contributed by atoms with Crippen molar-refractivity contribution in [3.8, 4) is 11.1 Å². The zero-order valence-corrected chi connectivity index (χ0v) is 23.0. The largest absolute Gasteiger partial charge is 0.478 e. The number of aliphatic hydroxyl groups excluding tert-OH is 1. The fraction of sp³-hybridized carbons (Fsp3) is 0.353. The Morgan fingerprint density at radius 2 is 1.85 bits per heavy atom. The molecule has 0 aromatic heterocycles. The van der Waals surface area contributed by atoms with E-state index >= 15 is 0 Å². The normalized spacial score (nSPS) is 16.2. The highest BCUT2D eigenvalue weighted by Crippen LogP contribution is 2.29. The molecule has 1 aliphatic rings.